The monoisotopic (exact) mass is 574 g/mol. The number of aliphatic imine (C=N–C) groups is 1. The molecule has 1 fully saturated rings. The molecule has 1 aliphatic rings. The van der Waals surface area contributed by atoms with Gasteiger partial charge in [0.05, 0.1) is 23.7 Å². The van der Waals surface area contributed by atoms with Gasteiger partial charge in [-0.15, -0.1) is 24.0 Å². The smallest absolute Gasteiger partial charge is 0.191 e. The van der Waals surface area contributed by atoms with Gasteiger partial charge in [-0.2, -0.15) is 0 Å². The first kappa shape index (κ1) is 26.7. The van der Waals surface area contributed by atoms with E-state index in [1.807, 2.05) is 24.3 Å². The van der Waals surface area contributed by atoms with Crippen molar-refractivity contribution in [3.63, 3.8) is 0 Å². The highest BCUT2D eigenvalue weighted by molar-refractivity contribution is 14.0. The van der Waals surface area contributed by atoms with Gasteiger partial charge in [0.1, 0.15) is 5.76 Å². The molecule has 1 atom stereocenters. The first-order valence-electron chi connectivity index (χ1n) is 11.1. The molecule has 1 unspecified atom stereocenters. The van der Waals surface area contributed by atoms with Gasteiger partial charge in [0, 0.05) is 19.3 Å². The summed E-state index contributed by atoms with van der Waals surface area (Å²) in [5.74, 6) is 1.75. The van der Waals surface area contributed by atoms with E-state index in [-0.39, 0.29) is 30.0 Å². The molecular formula is C23H35IN4O3S. The lowest BCUT2D eigenvalue weighted by atomic mass is 10.1. The van der Waals surface area contributed by atoms with Gasteiger partial charge in [0.15, 0.2) is 15.8 Å². The highest BCUT2D eigenvalue weighted by Crippen LogP contribution is 2.25. The second-order valence-corrected chi connectivity index (χ2v) is 9.96. The molecular weight excluding hydrogens is 539 g/mol. The van der Waals surface area contributed by atoms with E-state index in [2.05, 4.69) is 22.5 Å². The van der Waals surface area contributed by atoms with Crippen LogP contribution in [-0.4, -0.2) is 58.3 Å². The van der Waals surface area contributed by atoms with Crippen LogP contribution in [0.15, 0.2) is 57.0 Å². The van der Waals surface area contributed by atoms with Crippen molar-refractivity contribution in [2.24, 2.45) is 4.99 Å². The van der Waals surface area contributed by atoms with Crippen LogP contribution in [0, 0.1) is 0 Å². The Labute approximate surface area is 209 Å². The topological polar surface area (TPSA) is 86.9 Å². The minimum absolute atomic E-state index is 0. The molecule has 2 aromatic rings. The zero-order valence-corrected chi connectivity index (χ0v) is 22.1. The maximum Gasteiger partial charge on any atom is 0.191 e. The summed E-state index contributed by atoms with van der Waals surface area (Å²) in [6.07, 6.45) is 7.47. The number of halogens is 1. The zero-order valence-electron chi connectivity index (χ0n) is 18.9. The maximum absolute atomic E-state index is 11.6. The standard InChI is InChI=1S/C23H34N4O3S.HI/c1-3-24-23(25-14-13-19-9-11-20(12-10-19)31(2,28)29)26-18-21(22-8-7-17-30-22)27-15-5-4-6-16-27;/h7-12,17,21H,3-6,13-16,18H2,1-2H3,(H2,24,25,26);1H. The van der Waals surface area contributed by atoms with Crippen LogP contribution in [0.25, 0.3) is 0 Å². The van der Waals surface area contributed by atoms with Crippen LogP contribution in [0.3, 0.4) is 0 Å². The predicted molar refractivity (Wildman–Crippen MR) is 140 cm³/mol. The third-order valence-corrected chi connectivity index (χ3v) is 6.66. The summed E-state index contributed by atoms with van der Waals surface area (Å²) in [6, 6.07) is 11.2. The molecule has 0 amide bonds. The normalized spacial score (nSPS) is 16.2. The number of hydrogen-bond donors (Lipinski definition) is 2. The lowest BCUT2D eigenvalue weighted by Crippen LogP contribution is -2.40. The number of piperidine rings is 1. The predicted octanol–water partition coefficient (Wildman–Crippen LogP) is 3.63. The minimum atomic E-state index is -3.16. The Kier molecular flexibility index (Phi) is 11.0. The van der Waals surface area contributed by atoms with E-state index in [9.17, 15) is 8.42 Å². The Morgan fingerprint density at radius 2 is 1.84 bits per heavy atom. The molecule has 1 aromatic heterocycles. The van der Waals surface area contributed by atoms with Crippen LogP contribution in [-0.2, 0) is 16.3 Å². The quantitative estimate of drug-likeness (QED) is 0.270. The van der Waals surface area contributed by atoms with Crippen LogP contribution < -0.4 is 10.6 Å². The largest absolute Gasteiger partial charge is 0.468 e. The number of nitrogens with zero attached hydrogens (tertiary/aromatic N) is 2. The van der Waals surface area contributed by atoms with Crippen molar-refractivity contribution in [2.45, 2.75) is 43.5 Å². The summed E-state index contributed by atoms with van der Waals surface area (Å²) in [4.78, 5) is 7.65. The molecule has 2 N–H and O–H groups in total. The van der Waals surface area contributed by atoms with Crippen LogP contribution >= 0.6 is 24.0 Å². The molecule has 2 heterocycles. The Hall–Kier alpha value is -1.59. The second-order valence-electron chi connectivity index (χ2n) is 7.94. The van der Waals surface area contributed by atoms with E-state index in [0.29, 0.717) is 18.0 Å². The third-order valence-electron chi connectivity index (χ3n) is 5.53. The summed E-state index contributed by atoms with van der Waals surface area (Å²) in [5, 5.41) is 6.70. The van der Waals surface area contributed by atoms with E-state index < -0.39 is 9.84 Å². The summed E-state index contributed by atoms with van der Waals surface area (Å²) < 4.78 is 28.9. The number of benzene rings is 1. The second kappa shape index (κ2) is 13.2. The maximum atomic E-state index is 11.6. The summed E-state index contributed by atoms with van der Waals surface area (Å²) in [6.45, 7) is 6.33. The van der Waals surface area contributed by atoms with Crippen LogP contribution in [0.4, 0.5) is 0 Å². The molecule has 0 bridgehead atoms. The fourth-order valence-corrected chi connectivity index (χ4v) is 4.47. The zero-order chi connectivity index (χ0) is 22.1. The number of guanidine groups is 1. The van der Waals surface area contributed by atoms with E-state index >= 15 is 0 Å². The first-order valence-corrected chi connectivity index (χ1v) is 12.9. The Bertz CT molecular complexity index is 925. The third kappa shape index (κ3) is 8.08. The van der Waals surface area contributed by atoms with Crippen molar-refractivity contribution in [1.29, 1.82) is 0 Å². The summed E-state index contributed by atoms with van der Waals surface area (Å²) in [5.41, 5.74) is 1.08. The molecule has 0 saturated carbocycles. The van der Waals surface area contributed by atoms with Gasteiger partial charge in [-0.25, -0.2) is 8.42 Å². The van der Waals surface area contributed by atoms with E-state index in [1.165, 1.54) is 25.5 Å². The van der Waals surface area contributed by atoms with Crippen molar-refractivity contribution in [2.75, 3.05) is 39.0 Å². The molecule has 1 saturated heterocycles. The highest BCUT2D eigenvalue weighted by atomic mass is 127. The van der Waals surface area contributed by atoms with Gasteiger partial charge in [-0.05, 0) is 69.1 Å². The van der Waals surface area contributed by atoms with Crippen LogP contribution in [0.5, 0.6) is 0 Å². The summed E-state index contributed by atoms with van der Waals surface area (Å²) >= 11 is 0. The summed E-state index contributed by atoms with van der Waals surface area (Å²) in [7, 11) is -3.16. The highest BCUT2D eigenvalue weighted by Gasteiger charge is 2.24. The fraction of sp³-hybridized carbons (Fsp3) is 0.522. The number of hydrogen-bond acceptors (Lipinski definition) is 5. The number of sulfone groups is 1. The van der Waals surface area contributed by atoms with Crippen molar-refractivity contribution < 1.29 is 12.8 Å². The number of rotatable bonds is 9. The molecule has 7 nitrogen and oxygen atoms in total. The van der Waals surface area contributed by atoms with Gasteiger partial charge in [-0.3, -0.25) is 9.89 Å². The molecule has 0 spiro atoms. The molecule has 1 aliphatic heterocycles. The van der Waals surface area contributed by atoms with Gasteiger partial charge in [0.25, 0.3) is 0 Å². The minimum Gasteiger partial charge on any atom is -0.468 e. The first-order chi connectivity index (χ1) is 15.0. The molecule has 0 radical (unpaired) electrons. The number of furan rings is 1. The lowest BCUT2D eigenvalue weighted by Gasteiger charge is -2.32. The van der Waals surface area contributed by atoms with Gasteiger partial charge in [0.2, 0.25) is 0 Å². The Morgan fingerprint density at radius 1 is 1.12 bits per heavy atom. The van der Waals surface area contributed by atoms with E-state index in [0.717, 1.165) is 43.3 Å². The van der Waals surface area contributed by atoms with Gasteiger partial charge >= 0.3 is 0 Å². The van der Waals surface area contributed by atoms with E-state index in [1.54, 1.807) is 18.4 Å². The van der Waals surface area contributed by atoms with Crippen molar-refractivity contribution in [3.05, 3.63) is 54.0 Å². The molecule has 3 rings (SSSR count). The van der Waals surface area contributed by atoms with Gasteiger partial charge in [-0.1, -0.05) is 18.6 Å². The van der Waals surface area contributed by atoms with Crippen molar-refractivity contribution >= 4 is 39.8 Å². The number of likely N-dealkylation sites (tertiary alicyclic amines) is 1. The lowest BCUT2D eigenvalue weighted by molar-refractivity contribution is 0.150. The van der Waals surface area contributed by atoms with Crippen LogP contribution in [0.2, 0.25) is 0 Å². The van der Waals surface area contributed by atoms with Gasteiger partial charge < -0.3 is 15.1 Å². The molecule has 1 aromatic carbocycles. The number of nitrogens with one attached hydrogen (secondary N) is 2. The molecule has 9 heteroatoms. The molecule has 178 valence electrons. The molecule has 32 heavy (non-hydrogen) atoms. The average Bonchev–Trinajstić information content (AvgIpc) is 3.29. The Morgan fingerprint density at radius 3 is 2.44 bits per heavy atom. The SMILES string of the molecule is CCNC(=NCC(c1ccco1)N1CCCCC1)NCCc1ccc(S(C)(=O)=O)cc1.I. The average molecular weight is 575 g/mol. The van der Waals surface area contributed by atoms with Crippen LogP contribution in [0.1, 0.15) is 43.6 Å². The Balaban J connectivity index is 0.00000363. The van der Waals surface area contributed by atoms with E-state index in [4.69, 9.17) is 9.41 Å². The fourth-order valence-electron chi connectivity index (χ4n) is 3.84. The van der Waals surface area contributed by atoms with Crippen molar-refractivity contribution in [1.82, 2.24) is 15.5 Å². The molecule has 0 aliphatic carbocycles. The van der Waals surface area contributed by atoms with Crippen molar-refractivity contribution in [3.8, 4) is 0 Å².